The second-order valence-corrected chi connectivity index (χ2v) is 4.39. The fraction of sp³-hybridized carbons (Fsp3) is 0.429. The Morgan fingerprint density at radius 3 is 2.67 bits per heavy atom. The minimum atomic E-state index is -0.414. The first-order chi connectivity index (χ1) is 8.47. The van der Waals surface area contributed by atoms with E-state index in [4.69, 9.17) is 5.26 Å². The molecule has 3 nitrogen and oxygen atoms in total. The summed E-state index contributed by atoms with van der Waals surface area (Å²) in [5.41, 5.74) is 1.04. The molecular formula is C14H17FN2O. The molecule has 0 heterocycles. The van der Waals surface area contributed by atoms with E-state index in [-0.39, 0.29) is 11.8 Å². The highest BCUT2D eigenvalue weighted by molar-refractivity contribution is 5.94. The second kappa shape index (κ2) is 6.15. The Hall–Kier alpha value is -1.89. The number of amides is 1. The maximum absolute atomic E-state index is 13.3. The Bertz CT molecular complexity index is 459. The van der Waals surface area contributed by atoms with Crippen molar-refractivity contribution in [3.8, 4) is 6.07 Å². The zero-order valence-electron chi connectivity index (χ0n) is 10.9. The molecule has 1 aromatic carbocycles. The predicted molar refractivity (Wildman–Crippen MR) is 67.5 cm³/mol. The van der Waals surface area contributed by atoms with E-state index in [1.807, 2.05) is 6.92 Å². The Kier molecular flexibility index (Phi) is 4.85. The molecule has 0 aromatic heterocycles. The van der Waals surface area contributed by atoms with E-state index in [2.05, 4.69) is 6.07 Å². The van der Waals surface area contributed by atoms with Gasteiger partial charge in [-0.3, -0.25) is 4.79 Å². The van der Waals surface area contributed by atoms with Crippen molar-refractivity contribution in [2.45, 2.75) is 20.8 Å². The summed E-state index contributed by atoms with van der Waals surface area (Å²) in [6.45, 7) is 6.21. The third kappa shape index (κ3) is 3.56. The number of hydrogen-bond acceptors (Lipinski definition) is 2. The largest absolute Gasteiger partial charge is 0.338 e. The van der Waals surface area contributed by atoms with Crippen LogP contribution in [0.1, 0.15) is 29.8 Å². The van der Waals surface area contributed by atoms with Crippen LogP contribution < -0.4 is 0 Å². The second-order valence-electron chi connectivity index (χ2n) is 4.39. The summed E-state index contributed by atoms with van der Waals surface area (Å²) in [4.78, 5) is 13.7. The number of benzene rings is 1. The molecule has 1 unspecified atom stereocenters. The van der Waals surface area contributed by atoms with Crippen LogP contribution in [-0.4, -0.2) is 23.9 Å². The van der Waals surface area contributed by atoms with Crippen LogP contribution in [0.4, 0.5) is 4.39 Å². The minimum Gasteiger partial charge on any atom is -0.338 e. The van der Waals surface area contributed by atoms with E-state index in [9.17, 15) is 9.18 Å². The van der Waals surface area contributed by atoms with E-state index < -0.39 is 5.82 Å². The molecular weight excluding hydrogens is 231 g/mol. The standard InChI is InChI=1S/C14H17FN2O/c1-4-17(9-11(3)8-16)14(18)12-5-10(2)6-13(15)7-12/h5-7,11H,4,9H2,1-3H3. The van der Waals surface area contributed by atoms with Crippen LogP contribution in [0.5, 0.6) is 0 Å². The van der Waals surface area contributed by atoms with Crippen LogP contribution in [0, 0.1) is 30.0 Å². The number of hydrogen-bond donors (Lipinski definition) is 0. The van der Waals surface area contributed by atoms with Crippen LogP contribution in [-0.2, 0) is 0 Å². The van der Waals surface area contributed by atoms with Crippen molar-refractivity contribution in [3.05, 3.63) is 35.1 Å². The van der Waals surface area contributed by atoms with Crippen molar-refractivity contribution in [3.63, 3.8) is 0 Å². The first-order valence-corrected chi connectivity index (χ1v) is 5.94. The predicted octanol–water partition coefficient (Wildman–Crippen LogP) is 2.76. The minimum absolute atomic E-state index is 0.233. The topological polar surface area (TPSA) is 44.1 Å². The molecule has 96 valence electrons. The van der Waals surface area contributed by atoms with Gasteiger partial charge in [0.15, 0.2) is 0 Å². The van der Waals surface area contributed by atoms with Crippen LogP contribution in [0.2, 0.25) is 0 Å². The maximum atomic E-state index is 13.3. The van der Waals surface area contributed by atoms with Crippen molar-refractivity contribution in [2.75, 3.05) is 13.1 Å². The van der Waals surface area contributed by atoms with Crippen LogP contribution in [0.25, 0.3) is 0 Å². The third-order valence-electron chi connectivity index (χ3n) is 2.67. The van der Waals surface area contributed by atoms with E-state index in [1.54, 1.807) is 24.8 Å². The summed E-state index contributed by atoms with van der Waals surface area (Å²) in [5, 5.41) is 8.77. The van der Waals surface area contributed by atoms with Gasteiger partial charge in [0.05, 0.1) is 12.0 Å². The summed E-state index contributed by atoms with van der Waals surface area (Å²) < 4.78 is 13.3. The third-order valence-corrected chi connectivity index (χ3v) is 2.67. The first-order valence-electron chi connectivity index (χ1n) is 5.94. The quantitative estimate of drug-likeness (QED) is 0.822. The zero-order chi connectivity index (χ0) is 13.7. The lowest BCUT2D eigenvalue weighted by molar-refractivity contribution is 0.0752. The molecule has 0 bridgehead atoms. The molecule has 0 fully saturated rings. The molecule has 18 heavy (non-hydrogen) atoms. The summed E-state index contributed by atoms with van der Waals surface area (Å²) in [6.07, 6.45) is 0. The van der Waals surface area contributed by atoms with Gasteiger partial charge in [-0.1, -0.05) is 0 Å². The fourth-order valence-electron chi connectivity index (χ4n) is 1.77. The molecule has 0 spiro atoms. The normalized spacial score (nSPS) is 11.7. The van der Waals surface area contributed by atoms with Gasteiger partial charge in [0.25, 0.3) is 5.91 Å². The molecule has 0 aliphatic heterocycles. The van der Waals surface area contributed by atoms with Gasteiger partial charge in [-0.25, -0.2) is 4.39 Å². The van der Waals surface area contributed by atoms with Gasteiger partial charge in [0, 0.05) is 18.7 Å². The van der Waals surface area contributed by atoms with Crippen molar-refractivity contribution in [1.82, 2.24) is 4.90 Å². The van der Waals surface area contributed by atoms with Crippen molar-refractivity contribution < 1.29 is 9.18 Å². The van der Waals surface area contributed by atoms with Crippen molar-refractivity contribution >= 4 is 5.91 Å². The lowest BCUT2D eigenvalue weighted by Crippen LogP contribution is -2.34. The molecule has 0 N–H and O–H groups in total. The van der Waals surface area contributed by atoms with Crippen molar-refractivity contribution in [1.29, 1.82) is 5.26 Å². The van der Waals surface area contributed by atoms with Crippen molar-refractivity contribution in [2.24, 2.45) is 5.92 Å². The Balaban J connectivity index is 2.93. The Labute approximate surface area is 107 Å². The highest BCUT2D eigenvalue weighted by Crippen LogP contribution is 2.12. The SMILES string of the molecule is CCN(CC(C)C#N)C(=O)c1cc(C)cc(F)c1. The molecule has 0 radical (unpaired) electrons. The number of rotatable bonds is 4. The van der Waals surface area contributed by atoms with Gasteiger partial charge in [-0.15, -0.1) is 0 Å². The van der Waals surface area contributed by atoms with E-state index in [0.29, 0.717) is 24.2 Å². The van der Waals surface area contributed by atoms with E-state index >= 15 is 0 Å². The van der Waals surface area contributed by atoms with E-state index in [0.717, 1.165) is 0 Å². The summed E-state index contributed by atoms with van der Waals surface area (Å²) in [6, 6.07) is 6.36. The molecule has 0 aliphatic rings. The number of aryl methyl sites for hydroxylation is 1. The summed E-state index contributed by atoms with van der Waals surface area (Å²) in [7, 11) is 0. The van der Waals surface area contributed by atoms with Gasteiger partial charge in [0.1, 0.15) is 5.82 Å². The lowest BCUT2D eigenvalue weighted by Gasteiger charge is -2.22. The monoisotopic (exact) mass is 248 g/mol. The van der Waals surface area contributed by atoms with Gasteiger partial charge in [-0.2, -0.15) is 5.26 Å². The molecule has 1 amide bonds. The van der Waals surface area contributed by atoms with Gasteiger partial charge < -0.3 is 4.90 Å². The number of nitrogens with zero attached hydrogens (tertiary/aromatic N) is 2. The van der Waals surface area contributed by atoms with Gasteiger partial charge in [0.2, 0.25) is 0 Å². The molecule has 0 aliphatic carbocycles. The number of nitriles is 1. The molecule has 0 saturated carbocycles. The molecule has 1 rings (SSSR count). The average molecular weight is 248 g/mol. The molecule has 1 atom stereocenters. The summed E-state index contributed by atoms with van der Waals surface area (Å²) >= 11 is 0. The highest BCUT2D eigenvalue weighted by Gasteiger charge is 2.17. The molecule has 1 aromatic rings. The summed E-state index contributed by atoms with van der Waals surface area (Å²) in [5.74, 6) is -0.881. The highest BCUT2D eigenvalue weighted by atomic mass is 19.1. The Morgan fingerprint density at radius 1 is 1.50 bits per heavy atom. The van der Waals surface area contributed by atoms with Gasteiger partial charge in [-0.05, 0) is 44.5 Å². The zero-order valence-corrected chi connectivity index (χ0v) is 10.9. The van der Waals surface area contributed by atoms with Crippen LogP contribution in [0.15, 0.2) is 18.2 Å². The lowest BCUT2D eigenvalue weighted by atomic mass is 10.1. The first kappa shape index (κ1) is 14.2. The average Bonchev–Trinajstić information content (AvgIpc) is 2.33. The van der Waals surface area contributed by atoms with Gasteiger partial charge >= 0.3 is 0 Å². The number of halogens is 1. The van der Waals surface area contributed by atoms with Crippen LogP contribution >= 0.6 is 0 Å². The fourth-order valence-corrected chi connectivity index (χ4v) is 1.77. The smallest absolute Gasteiger partial charge is 0.253 e. The maximum Gasteiger partial charge on any atom is 0.253 e. The molecule has 0 saturated heterocycles. The number of carbonyl (C=O) groups is 1. The Morgan fingerprint density at radius 2 is 2.17 bits per heavy atom. The van der Waals surface area contributed by atoms with E-state index in [1.165, 1.54) is 12.1 Å². The molecule has 4 heteroatoms. The van der Waals surface area contributed by atoms with Crippen LogP contribution in [0.3, 0.4) is 0 Å². The number of carbonyl (C=O) groups excluding carboxylic acids is 1.